The number of aryl methyl sites for hydroxylation is 1. The van der Waals surface area contributed by atoms with Crippen LogP contribution in [0.25, 0.3) is 16.9 Å². The van der Waals surface area contributed by atoms with Crippen LogP contribution >= 0.6 is 0 Å². The van der Waals surface area contributed by atoms with Crippen LogP contribution in [0.2, 0.25) is 0 Å². The van der Waals surface area contributed by atoms with Crippen LogP contribution in [-0.4, -0.2) is 59.8 Å². The van der Waals surface area contributed by atoms with E-state index in [0.717, 1.165) is 30.5 Å². The fraction of sp³-hybridized carbons (Fsp3) is 0.381. The Kier molecular flexibility index (Phi) is 4.95. The summed E-state index contributed by atoms with van der Waals surface area (Å²) >= 11 is 0. The molecule has 0 radical (unpaired) electrons. The molecular formula is C21H23N5O4. The Labute approximate surface area is 172 Å². The molecule has 4 N–H and O–H groups in total. The van der Waals surface area contributed by atoms with Gasteiger partial charge in [-0.05, 0) is 24.8 Å². The van der Waals surface area contributed by atoms with Gasteiger partial charge in [-0.1, -0.05) is 30.3 Å². The molecule has 0 saturated carbocycles. The summed E-state index contributed by atoms with van der Waals surface area (Å²) in [5.74, 6) is 0.549. The third-order valence-corrected chi connectivity index (χ3v) is 5.71. The minimum absolute atomic E-state index is 0.392. The van der Waals surface area contributed by atoms with Crippen molar-refractivity contribution in [1.29, 1.82) is 0 Å². The molecule has 9 heteroatoms. The number of aliphatic hydroxyl groups is 3. The lowest BCUT2D eigenvalue weighted by atomic mass is 10.0. The van der Waals surface area contributed by atoms with Gasteiger partial charge in [0, 0.05) is 11.3 Å². The molecule has 2 aromatic heterocycles. The van der Waals surface area contributed by atoms with E-state index in [1.807, 2.05) is 12.1 Å². The normalized spacial score (nSPS) is 26.3. The largest absolute Gasteiger partial charge is 0.394 e. The highest BCUT2D eigenvalue weighted by molar-refractivity contribution is 5.89. The molecule has 0 unspecified atom stereocenters. The average Bonchev–Trinajstić information content (AvgIpc) is 3.24. The lowest BCUT2D eigenvalue weighted by Crippen LogP contribution is -2.33. The third kappa shape index (κ3) is 3.16. The van der Waals surface area contributed by atoms with E-state index in [0.29, 0.717) is 17.0 Å². The molecule has 156 valence electrons. The van der Waals surface area contributed by atoms with Crippen molar-refractivity contribution in [2.45, 2.75) is 43.8 Å². The molecule has 2 aliphatic rings. The Hall–Kier alpha value is -2.85. The minimum atomic E-state index is -1.21. The van der Waals surface area contributed by atoms with Crippen molar-refractivity contribution in [3.05, 3.63) is 54.1 Å². The summed E-state index contributed by atoms with van der Waals surface area (Å²) in [6.07, 6.45) is 4.00. The van der Waals surface area contributed by atoms with Crippen LogP contribution in [0.1, 0.15) is 30.2 Å². The fourth-order valence-corrected chi connectivity index (χ4v) is 4.14. The summed E-state index contributed by atoms with van der Waals surface area (Å²) in [7, 11) is 0. The lowest BCUT2D eigenvalue weighted by molar-refractivity contribution is -0.0511. The van der Waals surface area contributed by atoms with Gasteiger partial charge in [0.25, 0.3) is 0 Å². The molecule has 0 bridgehead atoms. The first-order chi connectivity index (χ1) is 14.7. The van der Waals surface area contributed by atoms with E-state index in [4.69, 9.17) is 4.74 Å². The van der Waals surface area contributed by atoms with Crippen molar-refractivity contribution in [1.82, 2.24) is 19.5 Å². The van der Waals surface area contributed by atoms with Crippen LogP contribution in [-0.2, 0) is 11.2 Å². The topological polar surface area (TPSA) is 126 Å². The second kappa shape index (κ2) is 7.77. The first-order valence-corrected chi connectivity index (χ1v) is 10.0. The van der Waals surface area contributed by atoms with Gasteiger partial charge in [0.1, 0.15) is 24.6 Å². The van der Waals surface area contributed by atoms with Gasteiger partial charge in [0.2, 0.25) is 0 Å². The van der Waals surface area contributed by atoms with E-state index in [1.165, 1.54) is 18.2 Å². The summed E-state index contributed by atoms with van der Waals surface area (Å²) in [5, 5.41) is 33.2. The van der Waals surface area contributed by atoms with Crippen LogP contribution < -0.4 is 5.32 Å². The predicted molar refractivity (Wildman–Crippen MR) is 109 cm³/mol. The maximum Gasteiger partial charge on any atom is 0.167 e. The van der Waals surface area contributed by atoms with Crippen LogP contribution in [0.3, 0.4) is 0 Å². The average molecular weight is 409 g/mol. The van der Waals surface area contributed by atoms with E-state index >= 15 is 0 Å². The number of hydrogen-bond donors (Lipinski definition) is 4. The Balaban J connectivity index is 1.50. The van der Waals surface area contributed by atoms with E-state index in [9.17, 15) is 15.3 Å². The number of allylic oxidation sites excluding steroid dienone is 1. The molecule has 4 atom stereocenters. The Morgan fingerprint density at radius 3 is 2.83 bits per heavy atom. The van der Waals surface area contributed by atoms with Crippen molar-refractivity contribution in [3.63, 3.8) is 0 Å². The zero-order valence-corrected chi connectivity index (χ0v) is 16.2. The standard InChI is InChI=1S/C21H23N5O4/c27-9-15-17(28)18(29)21(30-15)26-11-24-16-19(22-10-23-20(16)26)25-14-8-4-2-6-12-5-1-3-7-13(12)14/h1,3,5,7-8,10-11,15,17-18,21,27-29H,2,4,6,9H2,(H,22,23,25)/t15-,17-,18-,21-/m1/s1. The molecule has 1 aliphatic heterocycles. The van der Waals surface area contributed by atoms with Crippen LogP contribution in [0.5, 0.6) is 0 Å². The molecule has 0 spiro atoms. The maximum absolute atomic E-state index is 10.4. The molecule has 1 fully saturated rings. The highest BCUT2D eigenvalue weighted by Gasteiger charge is 2.44. The van der Waals surface area contributed by atoms with Crippen molar-refractivity contribution >= 4 is 22.7 Å². The van der Waals surface area contributed by atoms with Gasteiger partial charge in [-0.3, -0.25) is 4.57 Å². The highest BCUT2D eigenvalue weighted by atomic mass is 16.6. The summed E-state index contributed by atoms with van der Waals surface area (Å²) in [6, 6.07) is 8.30. The molecule has 3 aromatic rings. The van der Waals surface area contributed by atoms with Crippen LogP contribution in [0.15, 0.2) is 43.0 Å². The quantitative estimate of drug-likeness (QED) is 0.507. The molecule has 3 heterocycles. The van der Waals surface area contributed by atoms with E-state index in [2.05, 4.69) is 38.5 Å². The molecule has 5 rings (SSSR count). The summed E-state index contributed by atoms with van der Waals surface area (Å²) in [5.41, 5.74) is 4.40. The Morgan fingerprint density at radius 1 is 1.13 bits per heavy atom. The number of nitrogens with one attached hydrogen (secondary N) is 1. The number of imidazole rings is 1. The Morgan fingerprint density at radius 2 is 2.00 bits per heavy atom. The highest BCUT2D eigenvalue weighted by Crippen LogP contribution is 2.33. The number of rotatable bonds is 4. The summed E-state index contributed by atoms with van der Waals surface area (Å²) in [4.78, 5) is 13.1. The van der Waals surface area contributed by atoms with E-state index in [1.54, 1.807) is 4.57 Å². The zero-order chi connectivity index (χ0) is 20.7. The number of ether oxygens (including phenoxy) is 1. The third-order valence-electron chi connectivity index (χ3n) is 5.71. The first-order valence-electron chi connectivity index (χ1n) is 10.0. The molecule has 1 aromatic carbocycles. The number of fused-ring (bicyclic) bond motifs is 2. The van der Waals surface area contributed by atoms with Crippen molar-refractivity contribution in [2.75, 3.05) is 11.9 Å². The smallest absolute Gasteiger partial charge is 0.167 e. The Bertz CT molecular complexity index is 1100. The molecule has 0 amide bonds. The number of aromatic nitrogens is 4. The summed E-state index contributed by atoms with van der Waals surface area (Å²) in [6.45, 7) is -0.392. The first kappa shape index (κ1) is 19.1. The number of hydrogen-bond acceptors (Lipinski definition) is 8. The fourth-order valence-electron chi connectivity index (χ4n) is 4.14. The molecular weight excluding hydrogens is 386 g/mol. The van der Waals surface area contributed by atoms with Crippen molar-refractivity contribution < 1.29 is 20.1 Å². The van der Waals surface area contributed by atoms with Gasteiger partial charge in [-0.25, -0.2) is 15.0 Å². The molecule has 1 aliphatic carbocycles. The lowest BCUT2D eigenvalue weighted by Gasteiger charge is -2.17. The van der Waals surface area contributed by atoms with Gasteiger partial charge >= 0.3 is 0 Å². The van der Waals surface area contributed by atoms with Crippen LogP contribution in [0.4, 0.5) is 5.82 Å². The van der Waals surface area contributed by atoms with Gasteiger partial charge in [-0.2, -0.15) is 0 Å². The monoisotopic (exact) mass is 409 g/mol. The van der Waals surface area contributed by atoms with Gasteiger partial charge in [-0.15, -0.1) is 0 Å². The number of aliphatic hydroxyl groups excluding tert-OH is 3. The van der Waals surface area contributed by atoms with E-state index in [-0.39, 0.29) is 0 Å². The summed E-state index contributed by atoms with van der Waals surface area (Å²) < 4.78 is 7.18. The molecule has 1 saturated heterocycles. The van der Waals surface area contributed by atoms with Gasteiger partial charge in [0.05, 0.1) is 12.9 Å². The maximum atomic E-state index is 10.4. The number of benzene rings is 1. The minimum Gasteiger partial charge on any atom is -0.394 e. The molecule has 30 heavy (non-hydrogen) atoms. The number of nitrogens with zero attached hydrogens (tertiary/aromatic N) is 4. The predicted octanol–water partition coefficient (Wildman–Crippen LogP) is 1.23. The second-order valence-electron chi connectivity index (χ2n) is 7.57. The van der Waals surface area contributed by atoms with E-state index < -0.39 is 31.1 Å². The number of anilines is 1. The SMILES string of the molecule is OC[C@H]1O[C@@H](n2cnc3c(NC4=CCCCc5ccccc54)ncnc32)[C@H](O)[C@@H]1O. The van der Waals surface area contributed by atoms with Gasteiger partial charge < -0.3 is 25.4 Å². The van der Waals surface area contributed by atoms with Crippen LogP contribution in [0, 0.1) is 0 Å². The molecule has 9 nitrogen and oxygen atoms in total. The van der Waals surface area contributed by atoms with Gasteiger partial charge in [0.15, 0.2) is 23.2 Å². The van der Waals surface area contributed by atoms with Crippen molar-refractivity contribution in [3.8, 4) is 0 Å². The second-order valence-corrected chi connectivity index (χ2v) is 7.57. The zero-order valence-electron chi connectivity index (χ0n) is 16.2. The van der Waals surface area contributed by atoms with Crippen molar-refractivity contribution in [2.24, 2.45) is 0 Å².